The van der Waals surface area contributed by atoms with Crippen LogP contribution in [0.25, 0.3) is 0 Å². The van der Waals surface area contributed by atoms with Crippen molar-refractivity contribution in [1.82, 2.24) is 10.2 Å². The highest BCUT2D eigenvalue weighted by molar-refractivity contribution is 6.31. The molecule has 0 radical (unpaired) electrons. The van der Waals surface area contributed by atoms with Crippen molar-refractivity contribution in [3.8, 4) is 0 Å². The zero-order chi connectivity index (χ0) is 14.5. The maximum Gasteiger partial charge on any atom is 0.0693 e. The second-order valence-electron chi connectivity index (χ2n) is 5.79. The molecule has 1 aromatic carbocycles. The first-order valence-corrected chi connectivity index (χ1v) is 7.81. The monoisotopic (exact) mass is 296 g/mol. The number of nitrogens with one attached hydrogen (secondary N) is 1. The molecule has 2 rings (SSSR count). The zero-order valence-electron chi connectivity index (χ0n) is 12.3. The Hall–Kier alpha value is -0.610. The van der Waals surface area contributed by atoms with Crippen molar-refractivity contribution in [2.24, 2.45) is 5.92 Å². The van der Waals surface area contributed by atoms with Crippen LogP contribution < -0.4 is 5.32 Å². The van der Waals surface area contributed by atoms with Crippen LogP contribution in [0.5, 0.6) is 0 Å². The molecule has 1 aliphatic rings. The Kier molecular flexibility index (Phi) is 5.85. The molecule has 0 amide bonds. The number of likely N-dealkylation sites (tertiary alicyclic amines) is 1. The van der Waals surface area contributed by atoms with Crippen LogP contribution in [-0.4, -0.2) is 42.8 Å². The molecule has 2 N–H and O–H groups in total. The van der Waals surface area contributed by atoms with Gasteiger partial charge in [-0.25, -0.2) is 0 Å². The van der Waals surface area contributed by atoms with Crippen LogP contribution >= 0.6 is 11.6 Å². The van der Waals surface area contributed by atoms with Crippen LogP contribution in [0.1, 0.15) is 31.4 Å². The van der Waals surface area contributed by atoms with Crippen molar-refractivity contribution in [3.05, 3.63) is 34.9 Å². The van der Waals surface area contributed by atoms with E-state index in [4.69, 9.17) is 11.6 Å². The van der Waals surface area contributed by atoms with Gasteiger partial charge in [-0.3, -0.25) is 0 Å². The maximum atomic E-state index is 9.95. The molecule has 0 aliphatic carbocycles. The smallest absolute Gasteiger partial charge is 0.0693 e. The number of benzene rings is 1. The normalized spacial score (nSPS) is 25.6. The van der Waals surface area contributed by atoms with Gasteiger partial charge in [0, 0.05) is 24.2 Å². The quantitative estimate of drug-likeness (QED) is 0.877. The van der Waals surface area contributed by atoms with Crippen molar-refractivity contribution in [1.29, 1.82) is 0 Å². The van der Waals surface area contributed by atoms with E-state index in [1.165, 1.54) is 0 Å². The van der Waals surface area contributed by atoms with Crippen molar-refractivity contribution in [2.45, 2.75) is 31.9 Å². The predicted molar refractivity (Wildman–Crippen MR) is 84.1 cm³/mol. The number of aliphatic hydroxyl groups excluding tert-OH is 1. The van der Waals surface area contributed by atoms with E-state index < -0.39 is 0 Å². The average molecular weight is 297 g/mol. The molecule has 1 aromatic rings. The summed E-state index contributed by atoms with van der Waals surface area (Å²) < 4.78 is 0. The lowest BCUT2D eigenvalue weighted by Gasteiger charge is -2.35. The summed E-state index contributed by atoms with van der Waals surface area (Å²) in [4.78, 5) is 2.35. The molecule has 1 saturated heterocycles. The molecule has 0 bridgehead atoms. The van der Waals surface area contributed by atoms with Crippen LogP contribution in [0.15, 0.2) is 24.3 Å². The number of hydrogen-bond acceptors (Lipinski definition) is 3. The van der Waals surface area contributed by atoms with E-state index in [0.717, 1.165) is 43.1 Å². The first-order chi connectivity index (χ1) is 9.61. The van der Waals surface area contributed by atoms with Gasteiger partial charge in [-0.15, -0.1) is 0 Å². The standard InChI is InChI=1S/C16H25ClN2O/c1-12-7-9-19(11-16(12)20)10-8-15(18-2)13-5-3-4-6-14(13)17/h3-6,12,15-16,18,20H,7-11H2,1-2H3. The largest absolute Gasteiger partial charge is 0.392 e. The van der Waals surface area contributed by atoms with E-state index in [1.807, 2.05) is 25.2 Å². The minimum absolute atomic E-state index is 0.183. The Morgan fingerprint density at radius 2 is 2.20 bits per heavy atom. The molecule has 3 atom stereocenters. The Balaban J connectivity index is 1.90. The fraction of sp³-hybridized carbons (Fsp3) is 0.625. The summed E-state index contributed by atoms with van der Waals surface area (Å²) in [5.41, 5.74) is 1.16. The van der Waals surface area contributed by atoms with Crippen molar-refractivity contribution in [2.75, 3.05) is 26.7 Å². The summed E-state index contributed by atoms with van der Waals surface area (Å²) in [5, 5.41) is 14.1. The third-order valence-electron chi connectivity index (χ3n) is 4.37. The summed E-state index contributed by atoms with van der Waals surface area (Å²) in [5.74, 6) is 0.426. The van der Waals surface area contributed by atoms with Gasteiger partial charge in [-0.1, -0.05) is 36.7 Å². The fourth-order valence-electron chi connectivity index (χ4n) is 2.84. The van der Waals surface area contributed by atoms with Crippen LogP contribution in [0.4, 0.5) is 0 Å². The molecular formula is C16H25ClN2O. The molecular weight excluding hydrogens is 272 g/mol. The number of aliphatic hydroxyl groups is 1. The van der Waals surface area contributed by atoms with Gasteiger partial charge in [0.25, 0.3) is 0 Å². The first-order valence-electron chi connectivity index (χ1n) is 7.44. The molecule has 112 valence electrons. The lowest BCUT2D eigenvalue weighted by atomic mass is 9.95. The van der Waals surface area contributed by atoms with Gasteiger partial charge in [-0.2, -0.15) is 0 Å². The van der Waals surface area contributed by atoms with Crippen LogP contribution in [-0.2, 0) is 0 Å². The van der Waals surface area contributed by atoms with Crippen molar-refractivity contribution in [3.63, 3.8) is 0 Å². The highest BCUT2D eigenvalue weighted by atomic mass is 35.5. The van der Waals surface area contributed by atoms with Gasteiger partial charge in [0.15, 0.2) is 0 Å². The molecule has 1 fully saturated rings. The van der Waals surface area contributed by atoms with Gasteiger partial charge in [-0.05, 0) is 44.0 Å². The second-order valence-corrected chi connectivity index (χ2v) is 6.19. The molecule has 3 unspecified atom stereocenters. The highest BCUT2D eigenvalue weighted by Crippen LogP contribution is 2.25. The van der Waals surface area contributed by atoms with E-state index in [2.05, 4.69) is 23.2 Å². The summed E-state index contributed by atoms with van der Waals surface area (Å²) in [7, 11) is 1.97. The van der Waals surface area contributed by atoms with Crippen LogP contribution in [0.3, 0.4) is 0 Å². The van der Waals surface area contributed by atoms with Crippen molar-refractivity contribution >= 4 is 11.6 Å². The molecule has 4 heteroatoms. The number of nitrogens with zero attached hydrogens (tertiary/aromatic N) is 1. The van der Waals surface area contributed by atoms with Gasteiger partial charge < -0.3 is 15.3 Å². The number of halogens is 1. The number of β-amino-alcohol motifs (C(OH)–C–C–N with tert-alkyl or cyclic N) is 1. The van der Waals surface area contributed by atoms with Gasteiger partial charge in [0.1, 0.15) is 0 Å². The Bertz CT molecular complexity index is 427. The molecule has 0 aromatic heterocycles. The van der Waals surface area contributed by atoms with Gasteiger partial charge in [0.2, 0.25) is 0 Å². The number of rotatable bonds is 5. The highest BCUT2D eigenvalue weighted by Gasteiger charge is 2.24. The molecule has 1 heterocycles. The van der Waals surface area contributed by atoms with E-state index in [0.29, 0.717) is 5.92 Å². The number of piperidine rings is 1. The zero-order valence-corrected chi connectivity index (χ0v) is 13.1. The topological polar surface area (TPSA) is 35.5 Å². The predicted octanol–water partition coefficient (Wildman–Crippen LogP) is 2.69. The summed E-state index contributed by atoms with van der Waals surface area (Å²) >= 11 is 6.27. The Morgan fingerprint density at radius 1 is 1.45 bits per heavy atom. The summed E-state index contributed by atoms with van der Waals surface area (Å²) in [6.45, 7) is 4.99. The minimum atomic E-state index is -0.183. The third kappa shape index (κ3) is 3.95. The molecule has 0 saturated carbocycles. The van der Waals surface area contributed by atoms with Crippen LogP contribution in [0, 0.1) is 5.92 Å². The van der Waals surface area contributed by atoms with Crippen molar-refractivity contribution < 1.29 is 5.11 Å². The SMILES string of the molecule is CNC(CCN1CCC(C)C(O)C1)c1ccccc1Cl. The molecule has 20 heavy (non-hydrogen) atoms. The Morgan fingerprint density at radius 3 is 2.85 bits per heavy atom. The third-order valence-corrected chi connectivity index (χ3v) is 4.71. The fourth-order valence-corrected chi connectivity index (χ4v) is 3.11. The van der Waals surface area contributed by atoms with Gasteiger partial charge >= 0.3 is 0 Å². The average Bonchev–Trinajstić information content (AvgIpc) is 2.45. The van der Waals surface area contributed by atoms with Crippen LogP contribution in [0.2, 0.25) is 5.02 Å². The maximum absolute atomic E-state index is 9.95. The molecule has 1 aliphatic heterocycles. The lowest BCUT2D eigenvalue weighted by Crippen LogP contribution is -2.43. The van der Waals surface area contributed by atoms with Gasteiger partial charge in [0.05, 0.1) is 6.10 Å². The first kappa shape index (κ1) is 15.8. The Labute approximate surface area is 126 Å². The molecule has 0 spiro atoms. The summed E-state index contributed by atoms with van der Waals surface area (Å²) in [6.07, 6.45) is 1.90. The lowest BCUT2D eigenvalue weighted by molar-refractivity contribution is 0.0278. The van der Waals surface area contributed by atoms with E-state index in [9.17, 15) is 5.11 Å². The summed E-state index contributed by atoms with van der Waals surface area (Å²) in [6, 6.07) is 8.27. The minimum Gasteiger partial charge on any atom is -0.392 e. The van der Waals surface area contributed by atoms with E-state index in [1.54, 1.807) is 0 Å². The van der Waals surface area contributed by atoms with E-state index in [-0.39, 0.29) is 12.1 Å². The number of hydrogen-bond donors (Lipinski definition) is 2. The second kappa shape index (κ2) is 7.41. The molecule has 3 nitrogen and oxygen atoms in total. The van der Waals surface area contributed by atoms with E-state index >= 15 is 0 Å².